The van der Waals surface area contributed by atoms with Crippen LogP contribution in [0.4, 0.5) is 0 Å². The number of halogens is 2. The van der Waals surface area contributed by atoms with Crippen molar-refractivity contribution in [2.75, 3.05) is 26.5 Å². The molecular weight excluding hydrogens is 405 g/mol. The minimum atomic E-state index is -0.144. The zero-order valence-electron chi connectivity index (χ0n) is 15.1. The summed E-state index contributed by atoms with van der Waals surface area (Å²) in [6, 6.07) is 11.0. The topological polar surface area (TPSA) is 47.6 Å². The number of hydrogen-bond acceptors (Lipinski definition) is 4. The molecule has 0 aliphatic heterocycles. The number of nitrogens with one attached hydrogen (secondary N) is 1. The minimum Gasteiger partial charge on any atom is -0.493 e. The van der Waals surface area contributed by atoms with E-state index in [1.54, 1.807) is 44.2 Å². The first-order chi connectivity index (χ1) is 13.0. The summed E-state index contributed by atoms with van der Waals surface area (Å²) in [7, 11) is 3.16. The van der Waals surface area contributed by atoms with Crippen LogP contribution in [0, 0.1) is 0 Å². The molecule has 1 amide bonds. The Labute approximate surface area is 173 Å². The van der Waals surface area contributed by atoms with Crippen molar-refractivity contribution in [3.63, 3.8) is 0 Å². The number of rotatable bonds is 9. The molecule has 1 N–H and O–H groups in total. The molecule has 4 nitrogen and oxygen atoms in total. The normalized spacial score (nSPS) is 10.8. The summed E-state index contributed by atoms with van der Waals surface area (Å²) in [5, 5.41) is 4.15. The molecular formula is C20H21Cl2NO3S. The third-order valence-electron chi connectivity index (χ3n) is 3.65. The van der Waals surface area contributed by atoms with Gasteiger partial charge in [-0.3, -0.25) is 4.79 Å². The fourth-order valence-electron chi connectivity index (χ4n) is 2.25. The molecule has 0 spiro atoms. The van der Waals surface area contributed by atoms with Gasteiger partial charge in [-0.2, -0.15) is 11.8 Å². The highest BCUT2D eigenvalue weighted by Crippen LogP contribution is 2.28. The van der Waals surface area contributed by atoms with E-state index in [4.69, 9.17) is 32.7 Å². The lowest BCUT2D eigenvalue weighted by molar-refractivity contribution is -0.116. The van der Waals surface area contributed by atoms with E-state index >= 15 is 0 Å². The molecule has 0 saturated heterocycles. The zero-order chi connectivity index (χ0) is 19.6. The molecule has 0 atom stereocenters. The van der Waals surface area contributed by atoms with Gasteiger partial charge in [0.1, 0.15) is 0 Å². The van der Waals surface area contributed by atoms with E-state index < -0.39 is 0 Å². The van der Waals surface area contributed by atoms with Crippen LogP contribution < -0.4 is 14.8 Å². The van der Waals surface area contributed by atoms with Crippen LogP contribution >= 0.6 is 35.0 Å². The van der Waals surface area contributed by atoms with Gasteiger partial charge < -0.3 is 14.8 Å². The maximum atomic E-state index is 11.9. The summed E-state index contributed by atoms with van der Waals surface area (Å²) >= 11 is 13.7. The van der Waals surface area contributed by atoms with Gasteiger partial charge in [-0.05, 0) is 41.5 Å². The van der Waals surface area contributed by atoms with Crippen LogP contribution in [0.25, 0.3) is 6.08 Å². The highest BCUT2D eigenvalue weighted by Gasteiger charge is 2.04. The Morgan fingerprint density at radius 1 is 1.11 bits per heavy atom. The van der Waals surface area contributed by atoms with E-state index in [0.717, 1.165) is 22.6 Å². The molecule has 0 aromatic heterocycles. The molecule has 0 aliphatic carbocycles. The molecule has 0 bridgehead atoms. The fraction of sp³-hybridized carbons (Fsp3) is 0.250. The summed E-state index contributed by atoms with van der Waals surface area (Å²) in [4.78, 5) is 11.9. The molecule has 0 unspecified atom stereocenters. The Morgan fingerprint density at radius 2 is 1.89 bits per heavy atom. The van der Waals surface area contributed by atoms with Crippen LogP contribution in [0.2, 0.25) is 10.0 Å². The van der Waals surface area contributed by atoms with Crippen molar-refractivity contribution < 1.29 is 14.3 Å². The third-order valence-corrected chi connectivity index (χ3v) is 5.25. The van der Waals surface area contributed by atoms with E-state index in [1.165, 1.54) is 6.08 Å². The smallest absolute Gasteiger partial charge is 0.244 e. The number of amides is 1. The van der Waals surface area contributed by atoms with E-state index in [-0.39, 0.29) is 5.91 Å². The van der Waals surface area contributed by atoms with Gasteiger partial charge in [-0.25, -0.2) is 0 Å². The van der Waals surface area contributed by atoms with E-state index in [2.05, 4.69) is 5.32 Å². The number of thioether (sulfide) groups is 1. The summed E-state index contributed by atoms with van der Waals surface area (Å²) in [6.45, 7) is 0.574. The maximum absolute atomic E-state index is 11.9. The highest BCUT2D eigenvalue weighted by molar-refractivity contribution is 7.98. The number of benzene rings is 2. The third kappa shape index (κ3) is 7.01. The first-order valence-electron chi connectivity index (χ1n) is 8.23. The van der Waals surface area contributed by atoms with Crippen molar-refractivity contribution in [1.29, 1.82) is 0 Å². The maximum Gasteiger partial charge on any atom is 0.244 e. The van der Waals surface area contributed by atoms with E-state index in [9.17, 15) is 4.79 Å². The first-order valence-corrected chi connectivity index (χ1v) is 10.1. The first kappa shape index (κ1) is 21.5. The van der Waals surface area contributed by atoms with Crippen molar-refractivity contribution in [1.82, 2.24) is 5.32 Å². The average Bonchev–Trinajstić information content (AvgIpc) is 2.67. The summed E-state index contributed by atoms with van der Waals surface area (Å²) in [5.41, 5.74) is 1.89. The molecule has 2 aromatic rings. The van der Waals surface area contributed by atoms with Crippen molar-refractivity contribution in [2.24, 2.45) is 0 Å². The molecule has 0 radical (unpaired) electrons. The summed E-state index contributed by atoms with van der Waals surface area (Å²) in [5.74, 6) is 2.69. The van der Waals surface area contributed by atoms with Crippen LogP contribution in [0.1, 0.15) is 11.1 Å². The second kappa shape index (κ2) is 11.1. The summed E-state index contributed by atoms with van der Waals surface area (Å²) < 4.78 is 10.4. The monoisotopic (exact) mass is 425 g/mol. The number of carbonyl (C=O) groups excluding carboxylic acids is 1. The molecule has 2 aromatic carbocycles. The van der Waals surface area contributed by atoms with Crippen molar-refractivity contribution in [3.8, 4) is 11.5 Å². The average molecular weight is 426 g/mol. The molecule has 0 saturated carbocycles. The second-order valence-corrected chi connectivity index (χ2v) is 7.48. The molecule has 144 valence electrons. The quantitative estimate of drug-likeness (QED) is 0.449. The van der Waals surface area contributed by atoms with Crippen LogP contribution in [0.3, 0.4) is 0 Å². The number of methoxy groups -OCH3 is 2. The lowest BCUT2D eigenvalue weighted by Crippen LogP contribution is -2.23. The van der Waals surface area contributed by atoms with E-state index in [1.807, 2.05) is 24.3 Å². The number of ether oxygens (including phenoxy) is 2. The molecule has 2 rings (SSSR count). The predicted octanol–water partition coefficient (Wildman–Crippen LogP) is 5.07. The zero-order valence-corrected chi connectivity index (χ0v) is 17.5. The van der Waals surface area contributed by atoms with Crippen molar-refractivity contribution in [3.05, 3.63) is 63.6 Å². The number of carbonyl (C=O) groups is 1. The Bertz CT molecular complexity index is 812. The lowest BCUT2D eigenvalue weighted by Gasteiger charge is -2.07. The Morgan fingerprint density at radius 3 is 2.59 bits per heavy atom. The standard InChI is InChI=1S/C20H21Cl2NO3S/c1-25-18-7-3-14(11-19(18)26-2)4-8-20(24)23-9-10-27-13-15-5-6-16(21)12-17(15)22/h3-8,11-12H,9-10,13H2,1-2H3,(H,23,24)/b8-4+. The van der Waals surface area contributed by atoms with Gasteiger partial charge in [0.05, 0.1) is 14.2 Å². The van der Waals surface area contributed by atoms with Crippen LogP contribution in [-0.2, 0) is 10.5 Å². The predicted molar refractivity (Wildman–Crippen MR) is 114 cm³/mol. The SMILES string of the molecule is COc1ccc(/C=C/C(=O)NCCSCc2ccc(Cl)cc2Cl)cc1OC. The molecule has 27 heavy (non-hydrogen) atoms. The lowest BCUT2D eigenvalue weighted by atomic mass is 10.2. The second-order valence-electron chi connectivity index (χ2n) is 5.53. The van der Waals surface area contributed by atoms with Crippen molar-refractivity contribution >= 4 is 46.9 Å². The van der Waals surface area contributed by atoms with Gasteiger partial charge in [0.25, 0.3) is 0 Å². The Balaban J connectivity index is 1.73. The Hall–Kier alpha value is -1.82. The van der Waals surface area contributed by atoms with E-state index in [0.29, 0.717) is 28.1 Å². The van der Waals surface area contributed by atoms with Gasteiger partial charge in [-0.1, -0.05) is 35.3 Å². The molecule has 0 heterocycles. The highest BCUT2D eigenvalue weighted by atomic mass is 35.5. The minimum absolute atomic E-state index is 0.144. The van der Waals surface area contributed by atoms with Crippen molar-refractivity contribution in [2.45, 2.75) is 5.75 Å². The van der Waals surface area contributed by atoms with Crippen LogP contribution in [-0.4, -0.2) is 32.4 Å². The van der Waals surface area contributed by atoms with Gasteiger partial charge in [0.15, 0.2) is 11.5 Å². The molecule has 0 aliphatic rings. The van der Waals surface area contributed by atoms with Gasteiger partial charge in [-0.15, -0.1) is 0 Å². The number of hydrogen-bond donors (Lipinski definition) is 1. The Kier molecular flexibility index (Phi) is 8.85. The van der Waals surface area contributed by atoms with Gasteiger partial charge >= 0.3 is 0 Å². The molecule has 7 heteroatoms. The van der Waals surface area contributed by atoms with Crippen LogP contribution in [0.5, 0.6) is 11.5 Å². The molecule has 0 fully saturated rings. The van der Waals surface area contributed by atoms with Crippen LogP contribution in [0.15, 0.2) is 42.5 Å². The van der Waals surface area contributed by atoms with Gasteiger partial charge in [0, 0.05) is 34.2 Å². The fourth-order valence-corrected chi connectivity index (χ4v) is 3.67. The summed E-state index contributed by atoms with van der Waals surface area (Å²) in [6.07, 6.45) is 3.24. The van der Waals surface area contributed by atoms with Gasteiger partial charge in [0.2, 0.25) is 5.91 Å². The largest absolute Gasteiger partial charge is 0.493 e.